The van der Waals surface area contributed by atoms with Crippen molar-refractivity contribution >= 4 is 32.7 Å². The lowest BCUT2D eigenvalue weighted by molar-refractivity contribution is -0.137. The van der Waals surface area contributed by atoms with Crippen LogP contribution >= 0.6 is 0 Å². The van der Waals surface area contributed by atoms with Gasteiger partial charge in [0.2, 0.25) is 15.9 Å². The molecular weight excluding hydrogens is 480 g/mol. The molecule has 3 aromatic rings. The van der Waals surface area contributed by atoms with Crippen LogP contribution in [0.5, 0.6) is 0 Å². The molecule has 10 heteroatoms. The normalized spacial score (nSPS) is 21.8. The largest absolute Gasteiger partial charge is 0.419 e. The summed E-state index contributed by atoms with van der Waals surface area (Å²) in [5, 5.41) is 0. The van der Waals surface area contributed by atoms with Crippen LogP contribution in [0.15, 0.2) is 56.6 Å². The molecule has 0 unspecified atom stereocenters. The predicted molar refractivity (Wildman–Crippen MR) is 138 cm³/mol. The van der Waals surface area contributed by atoms with Crippen molar-refractivity contribution in [2.24, 2.45) is 13.0 Å². The minimum Gasteiger partial charge on any atom is -0.408 e. The van der Waals surface area contributed by atoms with Crippen molar-refractivity contribution in [1.29, 1.82) is 0 Å². The highest BCUT2D eigenvalue weighted by molar-refractivity contribution is 7.89. The molecule has 0 aliphatic carbocycles. The fourth-order valence-electron chi connectivity index (χ4n) is 5.32. The fraction of sp³-hybridized carbons (Fsp3) is 0.462. The van der Waals surface area contributed by atoms with Gasteiger partial charge in [-0.15, -0.1) is 0 Å². The second-order valence-corrected chi connectivity index (χ2v) is 11.9. The van der Waals surface area contributed by atoms with Crippen molar-refractivity contribution in [2.75, 3.05) is 37.6 Å². The van der Waals surface area contributed by atoms with Crippen LogP contribution in [-0.2, 0) is 21.9 Å². The first-order valence-corrected chi connectivity index (χ1v) is 13.8. The molecule has 3 heterocycles. The average Bonchev–Trinajstić information content (AvgIpc) is 3.17. The molecule has 1 aromatic heterocycles. The van der Waals surface area contributed by atoms with E-state index in [0.29, 0.717) is 38.0 Å². The minimum absolute atomic E-state index is 0.0230. The predicted octanol–water partition coefficient (Wildman–Crippen LogP) is 2.58. The van der Waals surface area contributed by atoms with Crippen LogP contribution in [-0.4, -0.2) is 66.9 Å². The molecule has 0 saturated carbocycles. The molecule has 2 atom stereocenters. The lowest BCUT2D eigenvalue weighted by atomic mass is 9.97. The molecule has 2 saturated heterocycles. The number of piperazine rings is 1. The van der Waals surface area contributed by atoms with Crippen LogP contribution in [0.25, 0.3) is 11.1 Å². The number of sulfonamides is 1. The van der Waals surface area contributed by atoms with Crippen molar-refractivity contribution in [1.82, 2.24) is 13.8 Å². The molecule has 9 nitrogen and oxygen atoms in total. The van der Waals surface area contributed by atoms with Gasteiger partial charge in [-0.25, -0.2) is 13.2 Å². The Labute approximate surface area is 210 Å². The summed E-state index contributed by atoms with van der Waals surface area (Å²) in [6, 6.07) is 13.1. The minimum atomic E-state index is -3.83. The van der Waals surface area contributed by atoms with Gasteiger partial charge in [-0.2, -0.15) is 4.31 Å². The maximum absolute atomic E-state index is 13.4. The topological polar surface area (TPSA) is 96.1 Å². The van der Waals surface area contributed by atoms with Crippen LogP contribution in [0.4, 0.5) is 5.69 Å². The summed E-state index contributed by atoms with van der Waals surface area (Å²) in [5.74, 6) is -0.889. The molecule has 2 fully saturated rings. The summed E-state index contributed by atoms with van der Waals surface area (Å²) in [6.45, 7) is 6.67. The molecule has 2 aliphatic rings. The first kappa shape index (κ1) is 24.6. The van der Waals surface area contributed by atoms with Crippen molar-refractivity contribution < 1.29 is 17.6 Å². The number of carbonyl (C=O) groups is 1. The lowest BCUT2D eigenvalue weighted by Crippen LogP contribution is -2.56. The van der Waals surface area contributed by atoms with Gasteiger partial charge in [0.25, 0.3) is 0 Å². The molecule has 192 valence electrons. The molecule has 2 aliphatic heterocycles. The van der Waals surface area contributed by atoms with Gasteiger partial charge in [0, 0.05) is 57.6 Å². The Bertz CT molecular complexity index is 1440. The van der Waals surface area contributed by atoms with Gasteiger partial charge in [0.15, 0.2) is 5.58 Å². The number of rotatable bonds is 4. The van der Waals surface area contributed by atoms with Gasteiger partial charge >= 0.3 is 5.76 Å². The lowest BCUT2D eigenvalue weighted by Gasteiger charge is -2.43. The standard InChI is InChI=1S/C26H32N4O5S/c1-18-6-8-21(9-7-18)30-14-13-28(16-19(30)2)25(31)20-5-4-12-29(17-20)36(33,34)22-10-11-23-24(15-22)35-26(32)27(23)3/h6-11,15,19-20H,4-5,12-14,16-17H2,1-3H3/t19-,20-/m1/s1. The van der Waals surface area contributed by atoms with Gasteiger partial charge in [0.05, 0.1) is 16.3 Å². The SMILES string of the molecule is Cc1ccc(N2CCN(C(=O)[C@@H]3CCCN(S(=O)(=O)c4ccc5c(c4)oc(=O)n5C)C3)C[C@H]2C)cc1. The smallest absolute Gasteiger partial charge is 0.408 e. The summed E-state index contributed by atoms with van der Waals surface area (Å²) in [6.07, 6.45) is 1.29. The summed E-state index contributed by atoms with van der Waals surface area (Å²) < 4.78 is 34.7. The highest BCUT2D eigenvalue weighted by Gasteiger charge is 2.37. The number of aryl methyl sites for hydroxylation is 2. The van der Waals surface area contributed by atoms with E-state index < -0.39 is 15.8 Å². The zero-order chi connectivity index (χ0) is 25.6. The van der Waals surface area contributed by atoms with E-state index in [-0.39, 0.29) is 34.9 Å². The van der Waals surface area contributed by atoms with E-state index >= 15 is 0 Å². The number of piperidine rings is 1. The zero-order valence-electron chi connectivity index (χ0n) is 20.9. The second kappa shape index (κ2) is 9.40. The molecular formula is C26H32N4O5S. The molecule has 1 amide bonds. The Morgan fingerprint density at radius 2 is 1.78 bits per heavy atom. The van der Waals surface area contributed by atoms with Crippen LogP contribution < -0.4 is 10.7 Å². The van der Waals surface area contributed by atoms with E-state index in [2.05, 4.69) is 43.0 Å². The number of nitrogens with zero attached hydrogens (tertiary/aromatic N) is 4. The third-order valence-corrected chi connectivity index (χ3v) is 9.30. The van der Waals surface area contributed by atoms with E-state index in [4.69, 9.17) is 4.42 Å². The Hall–Kier alpha value is -3.11. The molecule has 5 rings (SSSR count). The molecule has 0 spiro atoms. The van der Waals surface area contributed by atoms with E-state index in [1.165, 1.54) is 26.6 Å². The number of aromatic nitrogens is 1. The number of carbonyl (C=O) groups excluding carboxylic acids is 1. The molecule has 0 bridgehead atoms. The van der Waals surface area contributed by atoms with Gasteiger partial charge in [-0.1, -0.05) is 17.7 Å². The van der Waals surface area contributed by atoms with E-state index in [0.717, 1.165) is 12.2 Å². The van der Waals surface area contributed by atoms with Crippen molar-refractivity contribution in [2.45, 2.75) is 37.6 Å². The Morgan fingerprint density at radius 1 is 1.03 bits per heavy atom. The van der Waals surface area contributed by atoms with Crippen LogP contribution in [0.3, 0.4) is 0 Å². The summed E-state index contributed by atoms with van der Waals surface area (Å²) in [7, 11) is -2.26. The number of oxazole rings is 1. The first-order chi connectivity index (χ1) is 17.1. The summed E-state index contributed by atoms with van der Waals surface area (Å²) in [4.78, 5) is 29.5. The summed E-state index contributed by atoms with van der Waals surface area (Å²) >= 11 is 0. The molecule has 2 aromatic carbocycles. The molecule has 0 N–H and O–H groups in total. The number of amides is 1. The van der Waals surface area contributed by atoms with Crippen LogP contribution in [0, 0.1) is 12.8 Å². The number of anilines is 1. The number of hydrogen-bond donors (Lipinski definition) is 0. The third-order valence-electron chi connectivity index (χ3n) is 7.44. The highest BCUT2D eigenvalue weighted by Crippen LogP contribution is 2.28. The zero-order valence-corrected chi connectivity index (χ0v) is 21.7. The van der Waals surface area contributed by atoms with E-state index in [1.807, 2.05) is 4.90 Å². The van der Waals surface area contributed by atoms with Crippen LogP contribution in [0.1, 0.15) is 25.3 Å². The Morgan fingerprint density at radius 3 is 2.50 bits per heavy atom. The highest BCUT2D eigenvalue weighted by atomic mass is 32.2. The Kier molecular flexibility index (Phi) is 6.42. The van der Waals surface area contributed by atoms with E-state index in [1.54, 1.807) is 13.1 Å². The number of benzene rings is 2. The van der Waals surface area contributed by atoms with E-state index in [9.17, 15) is 18.0 Å². The number of fused-ring (bicyclic) bond motifs is 1. The monoisotopic (exact) mass is 512 g/mol. The van der Waals surface area contributed by atoms with Crippen molar-refractivity contribution in [3.63, 3.8) is 0 Å². The third kappa shape index (κ3) is 4.43. The first-order valence-electron chi connectivity index (χ1n) is 12.4. The van der Waals surface area contributed by atoms with Gasteiger partial charge in [-0.3, -0.25) is 9.36 Å². The number of hydrogen-bond acceptors (Lipinski definition) is 6. The Balaban J connectivity index is 1.28. The fourth-order valence-corrected chi connectivity index (χ4v) is 6.86. The van der Waals surface area contributed by atoms with Gasteiger partial charge < -0.3 is 14.2 Å². The van der Waals surface area contributed by atoms with Crippen molar-refractivity contribution in [3.8, 4) is 0 Å². The maximum Gasteiger partial charge on any atom is 0.419 e. The summed E-state index contributed by atoms with van der Waals surface area (Å²) in [5.41, 5.74) is 3.13. The van der Waals surface area contributed by atoms with Gasteiger partial charge in [0.1, 0.15) is 0 Å². The van der Waals surface area contributed by atoms with Crippen molar-refractivity contribution in [3.05, 3.63) is 58.6 Å². The molecule has 0 radical (unpaired) electrons. The average molecular weight is 513 g/mol. The van der Waals surface area contributed by atoms with Crippen LogP contribution in [0.2, 0.25) is 0 Å². The second-order valence-electron chi connectivity index (χ2n) is 9.92. The van der Waals surface area contributed by atoms with Gasteiger partial charge in [-0.05, 0) is 51.0 Å². The molecule has 36 heavy (non-hydrogen) atoms. The maximum atomic E-state index is 13.4. The quantitative estimate of drug-likeness (QED) is 0.533.